The summed E-state index contributed by atoms with van der Waals surface area (Å²) in [7, 11) is 0. The zero-order chi connectivity index (χ0) is 24.1. The van der Waals surface area contributed by atoms with Gasteiger partial charge in [0.15, 0.2) is 17.3 Å². The second kappa shape index (κ2) is 7.90. The molecule has 174 valence electrons. The third-order valence-corrected chi connectivity index (χ3v) is 5.85. The Kier molecular flexibility index (Phi) is 5.12. The van der Waals surface area contributed by atoms with Gasteiger partial charge >= 0.3 is 5.79 Å². The van der Waals surface area contributed by atoms with Crippen LogP contribution < -0.4 is 9.47 Å². The van der Waals surface area contributed by atoms with Crippen molar-refractivity contribution in [3.05, 3.63) is 94.2 Å². The summed E-state index contributed by atoms with van der Waals surface area (Å²) in [6.07, 6.45) is 1.43. The Hall–Kier alpha value is -3.80. The number of amides is 1. The summed E-state index contributed by atoms with van der Waals surface area (Å²) in [5, 5.41) is 0. The summed E-state index contributed by atoms with van der Waals surface area (Å²) in [5.74, 6) is -7.57. The van der Waals surface area contributed by atoms with E-state index in [-0.39, 0.29) is 35.7 Å². The maximum atomic E-state index is 14.9. The van der Waals surface area contributed by atoms with E-state index in [4.69, 9.17) is 9.47 Å². The first-order valence-electron chi connectivity index (χ1n) is 10.4. The van der Waals surface area contributed by atoms with Crippen LogP contribution >= 0.6 is 0 Å². The maximum Gasteiger partial charge on any atom is 0.313 e. The Bertz CT molecular complexity index is 1310. The molecule has 0 N–H and O–H groups in total. The fourth-order valence-corrected chi connectivity index (χ4v) is 4.01. The first kappa shape index (κ1) is 22.0. The highest BCUT2D eigenvalue weighted by molar-refractivity contribution is 5.95. The molecule has 34 heavy (non-hydrogen) atoms. The Morgan fingerprint density at radius 3 is 2.18 bits per heavy atom. The van der Waals surface area contributed by atoms with Gasteiger partial charge in [-0.25, -0.2) is 17.6 Å². The van der Waals surface area contributed by atoms with Crippen molar-refractivity contribution in [1.82, 2.24) is 4.90 Å². The predicted molar refractivity (Wildman–Crippen MR) is 110 cm³/mol. The zero-order valence-corrected chi connectivity index (χ0v) is 17.5. The Labute approximate surface area is 190 Å². The summed E-state index contributed by atoms with van der Waals surface area (Å²) in [5.41, 5.74) is 4.98. The molecule has 4 nitrogen and oxygen atoms in total. The van der Waals surface area contributed by atoms with E-state index < -0.39 is 47.9 Å². The van der Waals surface area contributed by atoms with Crippen LogP contribution in [0.2, 0.25) is 0 Å². The minimum Gasteiger partial charge on any atom is -0.440 e. The molecule has 1 aliphatic carbocycles. The van der Waals surface area contributed by atoms with Gasteiger partial charge in [-0.15, -0.1) is 0 Å². The molecule has 1 saturated heterocycles. The molecule has 2 heterocycles. The average Bonchev–Trinajstić information content (AvgIpc) is 3.18. The van der Waals surface area contributed by atoms with Crippen molar-refractivity contribution in [2.45, 2.75) is 24.6 Å². The quantitative estimate of drug-likeness (QED) is 0.433. The lowest BCUT2D eigenvalue weighted by atomic mass is 9.96. The van der Waals surface area contributed by atoms with Gasteiger partial charge in [-0.3, -0.25) is 4.79 Å². The molecule has 1 atom stereocenters. The highest BCUT2D eigenvalue weighted by Gasteiger charge is 2.48. The molecule has 1 unspecified atom stereocenters. The molecule has 1 amide bonds. The van der Waals surface area contributed by atoms with Crippen molar-refractivity contribution in [2.75, 3.05) is 13.1 Å². The van der Waals surface area contributed by atoms with E-state index >= 15 is 0 Å². The Balaban J connectivity index is 1.53. The number of alkyl halides is 2. The molecule has 0 bridgehead atoms. The number of fused-ring (bicyclic) bond motifs is 1. The highest BCUT2D eigenvalue weighted by atomic mass is 19.3. The molecule has 2 aromatic carbocycles. The lowest BCUT2D eigenvalue weighted by molar-refractivity contribution is -0.0497. The average molecular weight is 473 g/mol. The molecular formula is C25H16F5NO3. The molecule has 0 aromatic heterocycles. The second-order valence-corrected chi connectivity index (χ2v) is 8.10. The van der Waals surface area contributed by atoms with Gasteiger partial charge in [0.05, 0.1) is 11.1 Å². The summed E-state index contributed by atoms with van der Waals surface area (Å²) >= 11 is 0. The first-order valence-corrected chi connectivity index (χ1v) is 10.4. The van der Waals surface area contributed by atoms with Crippen LogP contribution in [0.25, 0.3) is 0 Å². The number of halogens is 5. The lowest BCUT2D eigenvalue weighted by Gasteiger charge is -2.31. The van der Waals surface area contributed by atoms with Crippen molar-refractivity contribution in [3.63, 3.8) is 0 Å². The molecule has 3 aliphatic rings. The van der Waals surface area contributed by atoms with Crippen molar-refractivity contribution in [3.8, 4) is 11.5 Å². The van der Waals surface area contributed by atoms with Crippen LogP contribution in [0.3, 0.4) is 0 Å². The summed E-state index contributed by atoms with van der Waals surface area (Å²) in [6.45, 7) is -0.417. The van der Waals surface area contributed by atoms with Gasteiger partial charge in [0.2, 0.25) is 0 Å². The number of hydrogen-bond acceptors (Lipinski definition) is 3. The largest absolute Gasteiger partial charge is 0.440 e. The number of ether oxygens (including phenoxy) is 2. The highest BCUT2D eigenvalue weighted by Crippen LogP contribution is 2.49. The molecule has 0 spiro atoms. The SMILES string of the molecule is O=C(c1cc2c(cc1F)OC(C1=C=C=C(F)C=C1)(c1ccc(F)cc1)O2)N1CCC(F)(F)CC1. The summed E-state index contributed by atoms with van der Waals surface area (Å²) in [6, 6.07) is 7.20. The van der Waals surface area contributed by atoms with Crippen LogP contribution in [-0.4, -0.2) is 29.8 Å². The van der Waals surface area contributed by atoms with Crippen molar-refractivity contribution >= 4 is 5.91 Å². The third kappa shape index (κ3) is 3.79. The van der Waals surface area contributed by atoms with E-state index in [0.29, 0.717) is 5.56 Å². The van der Waals surface area contributed by atoms with Crippen LogP contribution in [0.15, 0.2) is 71.4 Å². The van der Waals surface area contributed by atoms with Crippen LogP contribution in [0.5, 0.6) is 11.5 Å². The Morgan fingerprint density at radius 1 is 0.912 bits per heavy atom. The van der Waals surface area contributed by atoms with E-state index in [2.05, 4.69) is 11.5 Å². The normalized spacial score (nSPS) is 22.4. The molecule has 2 aromatic rings. The number of benzene rings is 2. The Morgan fingerprint density at radius 2 is 1.56 bits per heavy atom. The van der Waals surface area contributed by atoms with Crippen molar-refractivity contribution in [1.29, 1.82) is 0 Å². The summed E-state index contributed by atoms with van der Waals surface area (Å²) < 4.78 is 80.9. The summed E-state index contributed by atoms with van der Waals surface area (Å²) in [4.78, 5) is 14.0. The maximum absolute atomic E-state index is 14.9. The topological polar surface area (TPSA) is 38.8 Å². The minimum absolute atomic E-state index is 0.00543. The smallest absolute Gasteiger partial charge is 0.313 e. The van der Waals surface area contributed by atoms with Gasteiger partial charge < -0.3 is 14.4 Å². The molecule has 1 fully saturated rings. The van der Waals surface area contributed by atoms with Crippen LogP contribution in [0, 0.1) is 11.6 Å². The van der Waals surface area contributed by atoms with Crippen molar-refractivity contribution < 1.29 is 36.2 Å². The van der Waals surface area contributed by atoms with E-state index in [1.54, 1.807) is 0 Å². The standard InChI is InChI=1S/C25H16F5NO3/c26-17-5-1-15(2-6-17)25(16-3-7-18(27)8-4-16)33-21-13-19(20(28)14-22(21)34-25)23(32)31-11-9-24(29,30)10-12-31/h1-3,5-7,13-14H,9-12H2. The molecule has 2 aliphatic heterocycles. The van der Waals surface area contributed by atoms with E-state index in [0.717, 1.165) is 23.1 Å². The van der Waals surface area contributed by atoms with E-state index in [1.807, 2.05) is 0 Å². The predicted octanol–water partition coefficient (Wildman–Crippen LogP) is 5.56. The van der Waals surface area contributed by atoms with Gasteiger partial charge in [-0.05, 0) is 48.2 Å². The van der Waals surface area contributed by atoms with Crippen LogP contribution in [0.1, 0.15) is 28.8 Å². The number of rotatable bonds is 3. The molecule has 0 saturated carbocycles. The van der Waals surface area contributed by atoms with Crippen molar-refractivity contribution in [2.24, 2.45) is 0 Å². The zero-order valence-electron chi connectivity index (χ0n) is 17.5. The number of nitrogens with zero attached hydrogens (tertiary/aromatic N) is 1. The molecule has 5 rings (SSSR count). The van der Waals surface area contributed by atoms with Gasteiger partial charge in [0.1, 0.15) is 11.6 Å². The van der Waals surface area contributed by atoms with E-state index in [1.165, 1.54) is 30.3 Å². The fourth-order valence-electron chi connectivity index (χ4n) is 4.01. The van der Waals surface area contributed by atoms with E-state index in [9.17, 15) is 26.7 Å². The second-order valence-electron chi connectivity index (χ2n) is 8.10. The number of carbonyl (C=O) groups is 1. The molecule has 0 radical (unpaired) electrons. The number of piperidine rings is 1. The molecular weight excluding hydrogens is 457 g/mol. The third-order valence-electron chi connectivity index (χ3n) is 5.85. The van der Waals surface area contributed by atoms with Crippen LogP contribution in [-0.2, 0) is 5.79 Å². The minimum atomic E-state index is -2.86. The van der Waals surface area contributed by atoms with Gasteiger partial charge in [0.25, 0.3) is 11.8 Å². The monoisotopic (exact) mass is 473 g/mol. The van der Waals surface area contributed by atoms with Gasteiger partial charge in [-0.2, -0.15) is 4.39 Å². The lowest BCUT2D eigenvalue weighted by Crippen LogP contribution is -2.43. The number of allylic oxidation sites excluding steroid dienone is 2. The number of carbonyl (C=O) groups excluding carboxylic acids is 1. The van der Waals surface area contributed by atoms with Gasteiger partial charge in [0, 0.05) is 37.6 Å². The number of likely N-dealkylation sites (tertiary alicyclic amines) is 1. The van der Waals surface area contributed by atoms with Gasteiger partial charge in [-0.1, -0.05) is 5.73 Å². The number of hydrogen-bond donors (Lipinski definition) is 0. The fraction of sp³-hybridized carbons (Fsp3) is 0.240. The van der Waals surface area contributed by atoms with Crippen LogP contribution in [0.4, 0.5) is 22.0 Å². The molecule has 9 heteroatoms. The first-order chi connectivity index (χ1) is 16.2.